The van der Waals surface area contributed by atoms with E-state index >= 15 is 0 Å². The number of hydrogen-bond acceptors (Lipinski definition) is 3. The molecule has 1 rings (SSSR count). The van der Waals surface area contributed by atoms with E-state index in [2.05, 4.69) is 19.2 Å². The summed E-state index contributed by atoms with van der Waals surface area (Å²) in [6.07, 6.45) is 1.73. The van der Waals surface area contributed by atoms with E-state index in [-0.39, 0.29) is 0 Å². The predicted octanol–water partition coefficient (Wildman–Crippen LogP) is 3.25. The van der Waals surface area contributed by atoms with E-state index in [1.54, 1.807) is 24.3 Å². The number of nitrogen functional groups attached to an aromatic ring is 1. The minimum absolute atomic E-state index is 0.395. The molecule has 17 heavy (non-hydrogen) atoms. The smallest absolute Gasteiger partial charge is 0.411 e. The van der Waals surface area contributed by atoms with Gasteiger partial charge in [-0.1, -0.05) is 26.3 Å². The zero-order chi connectivity index (χ0) is 12.7. The van der Waals surface area contributed by atoms with Gasteiger partial charge in [-0.05, 0) is 30.5 Å². The molecular formula is C13H20N2O2. The first-order chi connectivity index (χ1) is 8.11. The van der Waals surface area contributed by atoms with Gasteiger partial charge < -0.3 is 10.5 Å². The number of carbonyl (C=O) groups excluding carboxylic acids is 1. The van der Waals surface area contributed by atoms with Crippen molar-refractivity contribution in [2.75, 3.05) is 17.7 Å². The number of hydrogen-bond donors (Lipinski definition) is 2. The Bertz CT molecular complexity index is 366. The van der Waals surface area contributed by atoms with Gasteiger partial charge in [-0.25, -0.2) is 4.79 Å². The van der Waals surface area contributed by atoms with Crippen molar-refractivity contribution in [1.82, 2.24) is 0 Å². The van der Waals surface area contributed by atoms with E-state index < -0.39 is 6.09 Å². The molecule has 0 spiro atoms. The first-order valence-electron chi connectivity index (χ1n) is 5.91. The van der Waals surface area contributed by atoms with Gasteiger partial charge in [-0.3, -0.25) is 5.32 Å². The van der Waals surface area contributed by atoms with Crippen LogP contribution >= 0.6 is 0 Å². The summed E-state index contributed by atoms with van der Waals surface area (Å²) in [6, 6.07) is 7.01. The van der Waals surface area contributed by atoms with Crippen molar-refractivity contribution < 1.29 is 9.53 Å². The lowest BCUT2D eigenvalue weighted by Crippen LogP contribution is -2.17. The summed E-state index contributed by atoms with van der Waals surface area (Å²) >= 11 is 0. The highest BCUT2D eigenvalue weighted by Crippen LogP contribution is 2.12. The quantitative estimate of drug-likeness (QED) is 0.771. The Balaban J connectivity index is 2.34. The van der Waals surface area contributed by atoms with Crippen molar-refractivity contribution in [3.63, 3.8) is 0 Å². The zero-order valence-electron chi connectivity index (χ0n) is 10.4. The van der Waals surface area contributed by atoms with Gasteiger partial charge in [0.2, 0.25) is 0 Å². The van der Waals surface area contributed by atoms with Crippen LogP contribution in [-0.2, 0) is 4.74 Å². The highest BCUT2D eigenvalue weighted by Gasteiger charge is 2.06. The molecule has 4 nitrogen and oxygen atoms in total. The molecule has 1 amide bonds. The Morgan fingerprint density at radius 2 is 2.29 bits per heavy atom. The standard InChI is InChI=1S/C13H20N2O2/c1-3-5-10(2)9-17-13(16)15-12-7-4-6-11(14)8-12/h4,6-8,10H,3,5,9,14H2,1-2H3,(H,15,16). The molecule has 1 unspecified atom stereocenters. The Hall–Kier alpha value is -1.71. The third-order valence-corrected chi connectivity index (χ3v) is 2.41. The average Bonchev–Trinajstić information content (AvgIpc) is 2.27. The lowest BCUT2D eigenvalue weighted by molar-refractivity contribution is 0.142. The van der Waals surface area contributed by atoms with Crippen molar-refractivity contribution >= 4 is 17.5 Å². The molecule has 0 aromatic heterocycles. The second-order valence-electron chi connectivity index (χ2n) is 4.24. The first-order valence-corrected chi connectivity index (χ1v) is 5.91. The molecule has 0 radical (unpaired) electrons. The molecule has 0 aliphatic carbocycles. The van der Waals surface area contributed by atoms with E-state index in [4.69, 9.17) is 10.5 Å². The molecule has 1 aromatic rings. The maximum atomic E-state index is 11.5. The Labute approximate surface area is 102 Å². The molecular weight excluding hydrogens is 216 g/mol. The zero-order valence-corrected chi connectivity index (χ0v) is 10.4. The normalized spacial score (nSPS) is 11.9. The molecule has 0 heterocycles. The Kier molecular flexibility index (Phi) is 5.33. The van der Waals surface area contributed by atoms with Crippen molar-refractivity contribution in [2.45, 2.75) is 26.7 Å². The molecule has 0 saturated heterocycles. The van der Waals surface area contributed by atoms with Gasteiger partial charge in [0, 0.05) is 11.4 Å². The van der Waals surface area contributed by atoms with Gasteiger partial charge in [0.05, 0.1) is 6.61 Å². The maximum Gasteiger partial charge on any atom is 0.411 e. The number of benzene rings is 1. The summed E-state index contributed by atoms with van der Waals surface area (Å²) in [5, 5.41) is 2.64. The van der Waals surface area contributed by atoms with Crippen molar-refractivity contribution in [2.24, 2.45) is 5.92 Å². The number of carbonyl (C=O) groups is 1. The third-order valence-electron chi connectivity index (χ3n) is 2.41. The highest BCUT2D eigenvalue weighted by molar-refractivity contribution is 5.85. The Morgan fingerprint density at radius 1 is 1.53 bits per heavy atom. The maximum absolute atomic E-state index is 11.5. The lowest BCUT2D eigenvalue weighted by Gasteiger charge is -2.11. The fourth-order valence-corrected chi connectivity index (χ4v) is 1.56. The minimum atomic E-state index is -0.432. The fourth-order valence-electron chi connectivity index (χ4n) is 1.56. The summed E-state index contributed by atoms with van der Waals surface area (Å²) in [7, 11) is 0. The van der Waals surface area contributed by atoms with Gasteiger partial charge in [0.15, 0.2) is 0 Å². The van der Waals surface area contributed by atoms with Crippen LogP contribution in [0.3, 0.4) is 0 Å². The monoisotopic (exact) mass is 236 g/mol. The van der Waals surface area contributed by atoms with Crippen LogP contribution in [-0.4, -0.2) is 12.7 Å². The van der Waals surface area contributed by atoms with Crippen LogP contribution in [0.25, 0.3) is 0 Å². The van der Waals surface area contributed by atoms with Crippen LogP contribution < -0.4 is 11.1 Å². The summed E-state index contributed by atoms with van der Waals surface area (Å²) in [6.45, 7) is 4.63. The second kappa shape index (κ2) is 6.78. The number of nitrogens with one attached hydrogen (secondary N) is 1. The van der Waals surface area contributed by atoms with Gasteiger partial charge in [0.25, 0.3) is 0 Å². The second-order valence-corrected chi connectivity index (χ2v) is 4.24. The van der Waals surface area contributed by atoms with Gasteiger partial charge >= 0.3 is 6.09 Å². The van der Waals surface area contributed by atoms with Crippen LogP contribution in [0.4, 0.5) is 16.2 Å². The van der Waals surface area contributed by atoms with E-state index in [1.165, 1.54) is 0 Å². The Morgan fingerprint density at radius 3 is 2.94 bits per heavy atom. The van der Waals surface area contributed by atoms with Crippen LogP contribution in [0, 0.1) is 5.92 Å². The molecule has 0 fully saturated rings. The van der Waals surface area contributed by atoms with E-state index in [0.29, 0.717) is 23.9 Å². The van der Waals surface area contributed by atoms with Crippen molar-refractivity contribution in [1.29, 1.82) is 0 Å². The molecule has 0 saturated carbocycles. The van der Waals surface area contributed by atoms with E-state index in [0.717, 1.165) is 12.8 Å². The van der Waals surface area contributed by atoms with Crippen LogP contribution in [0.1, 0.15) is 26.7 Å². The molecule has 0 bridgehead atoms. The predicted molar refractivity (Wildman–Crippen MR) is 69.9 cm³/mol. The average molecular weight is 236 g/mol. The molecule has 1 atom stereocenters. The minimum Gasteiger partial charge on any atom is -0.449 e. The molecule has 94 valence electrons. The third kappa shape index (κ3) is 5.24. The van der Waals surface area contributed by atoms with Crippen molar-refractivity contribution in [3.8, 4) is 0 Å². The molecule has 1 aromatic carbocycles. The van der Waals surface area contributed by atoms with E-state index in [1.807, 2.05) is 0 Å². The van der Waals surface area contributed by atoms with Crippen LogP contribution in [0.5, 0.6) is 0 Å². The number of anilines is 2. The summed E-state index contributed by atoms with van der Waals surface area (Å²) in [5.74, 6) is 0.395. The fraction of sp³-hybridized carbons (Fsp3) is 0.462. The summed E-state index contributed by atoms with van der Waals surface area (Å²) in [5.41, 5.74) is 6.87. The van der Waals surface area contributed by atoms with Gasteiger partial charge in [0.1, 0.15) is 0 Å². The highest BCUT2D eigenvalue weighted by atomic mass is 16.5. The molecule has 0 aliphatic heterocycles. The number of ether oxygens (including phenoxy) is 1. The van der Waals surface area contributed by atoms with Crippen LogP contribution in [0.2, 0.25) is 0 Å². The SMILES string of the molecule is CCCC(C)COC(=O)Nc1cccc(N)c1. The number of amides is 1. The van der Waals surface area contributed by atoms with Crippen LogP contribution in [0.15, 0.2) is 24.3 Å². The van der Waals surface area contributed by atoms with E-state index in [9.17, 15) is 4.79 Å². The lowest BCUT2D eigenvalue weighted by atomic mass is 10.1. The van der Waals surface area contributed by atoms with Crippen molar-refractivity contribution in [3.05, 3.63) is 24.3 Å². The molecule has 0 aliphatic rings. The number of rotatable bonds is 5. The van der Waals surface area contributed by atoms with Gasteiger partial charge in [-0.2, -0.15) is 0 Å². The molecule has 3 N–H and O–H groups in total. The molecule has 4 heteroatoms. The largest absolute Gasteiger partial charge is 0.449 e. The first kappa shape index (κ1) is 13.4. The topological polar surface area (TPSA) is 64.3 Å². The number of nitrogens with two attached hydrogens (primary N) is 1. The summed E-state index contributed by atoms with van der Waals surface area (Å²) in [4.78, 5) is 11.5. The summed E-state index contributed by atoms with van der Waals surface area (Å²) < 4.78 is 5.11. The van der Waals surface area contributed by atoms with Gasteiger partial charge in [-0.15, -0.1) is 0 Å².